The number of allylic oxidation sites excluding steroid dienone is 2. The molecule has 0 saturated carbocycles. The first-order chi connectivity index (χ1) is 12.7. The van der Waals surface area contributed by atoms with Gasteiger partial charge in [-0.2, -0.15) is 5.10 Å². The van der Waals surface area contributed by atoms with Crippen LogP contribution in [0.15, 0.2) is 46.7 Å². The molecule has 3 aliphatic rings. The van der Waals surface area contributed by atoms with Gasteiger partial charge in [-0.1, -0.05) is 5.21 Å². The molecule has 1 amide bonds. The van der Waals surface area contributed by atoms with Gasteiger partial charge in [0.1, 0.15) is 11.0 Å². The van der Waals surface area contributed by atoms with E-state index in [0.29, 0.717) is 6.61 Å². The van der Waals surface area contributed by atoms with Crippen LogP contribution in [0.25, 0.3) is 4.91 Å². The molecule has 0 spiro atoms. The van der Waals surface area contributed by atoms with Crippen LogP contribution in [0.1, 0.15) is 31.4 Å². The van der Waals surface area contributed by atoms with Crippen LogP contribution in [0.2, 0.25) is 0 Å². The van der Waals surface area contributed by atoms with Crippen molar-refractivity contribution in [2.75, 3.05) is 6.61 Å². The first kappa shape index (κ1) is 15.6. The maximum absolute atomic E-state index is 12.8. The van der Waals surface area contributed by atoms with Crippen molar-refractivity contribution >= 4 is 28.3 Å². The number of ether oxygens (including phenoxy) is 1. The van der Waals surface area contributed by atoms with Crippen LogP contribution in [0.3, 0.4) is 0 Å². The Kier molecular flexibility index (Phi) is 3.56. The SMILES string of the molecule is C[C@H](C1=NC(=O)C2SC(c3cn[nH]c3)=C3OCCCC1=C32)n1ccnn1. The van der Waals surface area contributed by atoms with E-state index in [-0.39, 0.29) is 17.2 Å². The standard InChI is InChI=1S/C17H16N6O2S/c1-9(23-5-4-18-22-23)13-11-3-2-6-25-14-12(11)16(17(24)21-13)26-15(14)10-7-19-20-8-10/h4-5,7-9,16H,2-3,6H2,1H3,(H,19,20)/t9-,16?/m1/s1. The van der Waals surface area contributed by atoms with Crippen LogP contribution in [0.5, 0.6) is 0 Å². The van der Waals surface area contributed by atoms with Crippen molar-refractivity contribution in [1.82, 2.24) is 25.2 Å². The summed E-state index contributed by atoms with van der Waals surface area (Å²) in [5.41, 5.74) is 3.79. The number of carbonyl (C=O) groups excluding carboxylic acids is 1. The molecule has 132 valence electrons. The Balaban J connectivity index is 1.67. The van der Waals surface area contributed by atoms with Crippen LogP contribution in [0.4, 0.5) is 0 Å². The summed E-state index contributed by atoms with van der Waals surface area (Å²) in [6, 6.07) is -0.160. The lowest BCUT2D eigenvalue weighted by Gasteiger charge is -2.24. The molecular formula is C17H16N6O2S. The second kappa shape index (κ2) is 5.94. The molecule has 0 aliphatic carbocycles. The Morgan fingerprint density at radius 2 is 2.38 bits per heavy atom. The number of hydrogen-bond donors (Lipinski definition) is 1. The Labute approximate surface area is 153 Å². The topological polar surface area (TPSA) is 98.1 Å². The van der Waals surface area contributed by atoms with Crippen LogP contribution in [-0.4, -0.2) is 48.7 Å². The molecule has 9 heteroatoms. The summed E-state index contributed by atoms with van der Waals surface area (Å²) >= 11 is 1.50. The van der Waals surface area contributed by atoms with Gasteiger partial charge in [-0.3, -0.25) is 9.89 Å². The minimum atomic E-state index is -0.338. The van der Waals surface area contributed by atoms with Gasteiger partial charge in [-0.25, -0.2) is 9.67 Å². The molecule has 0 bridgehead atoms. The minimum Gasteiger partial charge on any atom is -0.492 e. The van der Waals surface area contributed by atoms with Gasteiger partial charge in [0.25, 0.3) is 5.91 Å². The fourth-order valence-electron chi connectivity index (χ4n) is 3.62. The average molecular weight is 368 g/mol. The summed E-state index contributed by atoms with van der Waals surface area (Å²) in [6.07, 6.45) is 8.72. The zero-order valence-corrected chi connectivity index (χ0v) is 14.9. The number of nitrogens with one attached hydrogen (secondary N) is 1. The monoisotopic (exact) mass is 368 g/mol. The van der Waals surface area contributed by atoms with E-state index < -0.39 is 0 Å². The quantitative estimate of drug-likeness (QED) is 0.891. The van der Waals surface area contributed by atoms with E-state index in [1.54, 1.807) is 23.3 Å². The smallest absolute Gasteiger partial charge is 0.264 e. The highest BCUT2D eigenvalue weighted by Crippen LogP contribution is 2.52. The number of aromatic nitrogens is 5. The van der Waals surface area contributed by atoms with Gasteiger partial charge in [0, 0.05) is 23.5 Å². The molecule has 2 aromatic rings. The van der Waals surface area contributed by atoms with Gasteiger partial charge in [0.05, 0.1) is 35.7 Å². The number of H-pyrrole nitrogens is 1. The second-order valence-electron chi connectivity index (χ2n) is 6.38. The largest absolute Gasteiger partial charge is 0.492 e. The molecule has 0 radical (unpaired) electrons. The van der Waals surface area contributed by atoms with Gasteiger partial charge < -0.3 is 4.74 Å². The van der Waals surface area contributed by atoms with E-state index in [1.165, 1.54) is 11.8 Å². The Morgan fingerprint density at radius 1 is 1.46 bits per heavy atom. The Bertz CT molecular complexity index is 958. The summed E-state index contributed by atoms with van der Waals surface area (Å²) in [7, 11) is 0. The van der Waals surface area contributed by atoms with Crippen molar-refractivity contribution in [3.63, 3.8) is 0 Å². The number of rotatable bonds is 3. The molecule has 5 heterocycles. The number of aliphatic imine (C=N–C) groups is 1. The summed E-state index contributed by atoms with van der Waals surface area (Å²) in [6.45, 7) is 2.61. The molecule has 3 aliphatic heterocycles. The van der Waals surface area contributed by atoms with Crippen molar-refractivity contribution in [2.24, 2.45) is 4.99 Å². The van der Waals surface area contributed by atoms with Gasteiger partial charge in [0.15, 0.2) is 0 Å². The molecule has 0 saturated heterocycles. The van der Waals surface area contributed by atoms with Crippen molar-refractivity contribution in [3.8, 4) is 0 Å². The summed E-state index contributed by atoms with van der Waals surface area (Å²) in [5.74, 6) is 0.664. The van der Waals surface area contributed by atoms with E-state index in [9.17, 15) is 4.79 Å². The molecule has 26 heavy (non-hydrogen) atoms. The summed E-state index contributed by atoms with van der Waals surface area (Å²) < 4.78 is 7.81. The molecule has 1 N–H and O–H groups in total. The average Bonchev–Trinajstić information content (AvgIpc) is 3.37. The van der Waals surface area contributed by atoms with Crippen LogP contribution in [-0.2, 0) is 9.53 Å². The van der Waals surface area contributed by atoms with Gasteiger partial charge >= 0.3 is 0 Å². The molecule has 8 nitrogen and oxygen atoms in total. The molecule has 1 unspecified atom stereocenters. The van der Waals surface area contributed by atoms with E-state index in [0.717, 1.165) is 45.9 Å². The maximum atomic E-state index is 12.8. The van der Waals surface area contributed by atoms with E-state index in [1.807, 2.05) is 13.1 Å². The lowest BCUT2D eigenvalue weighted by atomic mass is 9.89. The Hall–Kier alpha value is -2.68. The molecular weight excluding hydrogens is 352 g/mol. The van der Waals surface area contributed by atoms with Crippen LogP contribution >= 0.6 is 11.8 Å². The second-order valence-corrected chi connectivity index (χ2v) is 7.50. The number of nitrogens with zero attached hydrogens (tertiary/aromatic N) is 5. The lowest BCUT2D eigenvalue weighted by molar-refractivity contribution is -0.116. The highest BCUT2D eigenvalue weighted by Gasteiger charge is 2.44. The third-order valence-corrected chi connectivity index (χ3v) is 6.18. The maximum Gasteiger partial charge on any atom is 0.264 e. The highest BCUT2D eigenvalue weighted by molar-refractivity contribution is 8.10. The first-order valence-corrected chi connectivity index (χ1v) is 9.37. The zero-order chi connectivity index (χ0) is 17.7. The number of thioether (sulfide) groups is 1. The minimum absolute atomic E-state index is 0.141. The number of aromatic amines is 1. The van der Waals surface area contributed by atoms with Crippen molar-refractivity contribution in [1.29, 1.82) is 0 Å². The molecule has 2 aromatic heterocycles. The summed E-state index contributed by atoms with van der Waals surface area (Å²) in [4.78, 5) is 18.2. The molecule has 0 fully saturated rings. The number of carbonyl (C=O) groups is 1. The van der Waals surface area contributed by atoms with Crippen molar-refractivity contribution in [3.05, 3.63) is 47.3 Å². The third kappa shape index (κ3) is 2.27. The van der Waals surface area contributed by atoms with E-state index in [4.69, 9.17) is 4.74 Å². The van der Waals surface area contributed by atoms with Gasteiger partial charge in [-0.15, -0.1) is 16.9 Å². The third-order valence-electron chi connectivity index (χ3n) is 4.85. The fourth-order valence-corrected chi connectivity index (χ4v) is 4.90. The predicted octanol–water partition coefficient (Wildman–Crippen LogP) is 2.13. The number of dihydropyridines is 1. The Morgan fingerprint density at radius 3 is 3.15 bits per heavy atom. The molecule has 5 rings (SSSR count). The normalized spacial score (nSPS) is 23.5. The first-order valence-electron chi connectivity index (χ1n) is 8.49. The van der Waals surface area contributed by atoms with E-state index >= 15 is 0 Å². The highest BCUT2D eigenvalue weighted by atomic mass is 32.2. The van der Waals surface area contributed by atoms with E-state index in [2.05, 4.69) is 25.5 Å². The zero-order valence-electron chi connectivity index (χ0n) is 14.0. The predicted molar refractivity (Wildman–Crippen MR) is 96.3 cm³/mol. The van der Waals surface area contributed by atoms with Crippen molar-refractivity contribution in [2.45, 2.75) is 31.1 Å². The summed E-state index contributed by atoms with van der Waals surface area (Å²) in [5, 5.41) is 14.5. The van der Waals surface area contributed by atoms with Crippen LogP contribution in [0, 0.1) is 0 Å². The van der Waals surface area contributed by atoms with Crippen molar-refractivity contribution < 1.29 is 9.53 Å². The fraction of sp³-hybridized carbons (Fsp3) is 0.353. The molecule has 2 atom stereocenters. The van der Waals surface area contributed by atoms with Gasteiger partial charge in [-0.05, 0) is 25.3 Å². The lowest BCUT2D eigenvalue weighted by Crippen LogP contribution is -2.30. The van der Waals surface area contributed by atoms with Gasteiger partial charge in [0.2, 0.25) is 0 Å². The number of hydrogen-bond acceptors (Lipinski definition) is 6. The molecule has 0 aromatic carbocycles. The number of amides is 1. The van der Waals surface area contributed by atoms with Crippen LogP contribution < -0.4 is 0 Å².